The van der Waals surface area contributed by atoms with Crippen molar-refractivity contribution in [1.82, 2.24) is 9.97 Å². The van der Waals surface area contributed by atoms with Gasteiger partial charge < -0.3 is 21.1 Å². The minimum atomic E-state index is -0.161. The first kappa shape index (κ1) is 12.4. The molecule has 7 heteroatoms. The molecular formula is C11H17N5O2. The maximum Gasteiger partial charge on any atom is 0.320 e. The van der Waals surface area contributed by atoms with Gasteiger partial charge in [-0.25, -0.2) is 0 Å². The SMILES string of the molecule is CCC[C@H](C)Oc1nc(N)c2c(n1)NCC(=O)N2. The largest absolute Gasteiger partial charge is 0.460 e. The minimum Gasteiger partial charge on any atom is -0.460 e. The van der Waals surface area contributed by atoms with Gasteiger partial charge in [-0.2, -0.15) is 9.97 Å². The van der Waals surface area contributed by atoms with Crippen molar-refractivity contribution in [2.75, 3.05) is 22.9 Å². The molecule has 0 saturated carbocycles. The molecule has 0 fully saturated rings. The van der Waals surface area contributed by atoms with Crippen molar-refractivity contribution in [2.45, 2.75) is 32.8 Å². The van der Waals surface area contributed by atoms with Crippen LogP contribution in [0.3, 0.4) is 0 Å². The van der Waals surface area contributed by atoms with Gasteiger partial charge in [0, 0.05) is 0 Å². The number of nitrogens with one attached hydrogen (secondary N) is 2. The number of carbonyl (C=O) groups excluding carboxylic acids is 1. The van der Waals surface area contributed by atoms with E-state index in [1.54, 1.807) is 0 Å². The highest BCUT2D eigenvalue weighted by molar-refractivity contribution is 6.02. The van der Waals surface area contributed by atoms with Gasteiger partial charge in [-0.3, -0.25) is 4.79 Å². The monoisotopic (exact) mass is 251 g/mol. The third-order valence-electron chi connectivity index (χ3n) is 2.60. The summed E-state index contributed by atoms with van der Waals surface area (Å²) in [6.45, 7) is 4.21. The number of hydrogen-bond donors (Lipinski definition) is 3. The van der Waals surface area contributed by atoms with Crippen LogP contribution in [0.15, 0.2) is 0 Å². The number of nitrogens with zero attached hydrogens (tertiary/aromatic N) is 2. The third kappa shape index (κ3) is 2.61. The maximum atomic E-state index is 11.2. The number of hydrogen-bond acceptors (Lipinski definition) is 6. The minimum absolute atomic E-state index is 0.0330. The van der Waals surface area contributed by atoms with Crippen LogP contribution in [0.5, 0.6) is 6.01 Å². The molecule has 2 heterocycles. The van der Waals surface area contributed by atoms with E-state index in [0.29, 0.717) is 11.5 Å². The van der Waals surface area contributed by atoms with Gasteiger partial charge in [-0.1, -0.05) is 13.3 Å². The topological polar surface area (TPSA) is 102 Å². The summed E-state index contributed by atoms with van der Waals surface area (Å²) in [5.74, 6) is 0.547. The number of fused-ring (bicyclic) bond motifs is 1. The average Bonchev–Trinajstić information content (AvgIpc) is 2.30. The fraction of sp³-hybridized carbons (Fsp3) is 0.545. The summed E-state index contributed by atoms with van der Waals surface area (Å²) < 4.78 is 5.57. The number of anilines is 3. The van der Waals surface area contributed by atoms with Crippen LogP contribution in [0, 0.1) is 0 Å². The van der Waals surface area contributed by atoms with Gasteiger partial charge in [-0.15, -0.1) is 0 Å². The average molecular weight is 251 g/mol. The Morgan fingerprint density at radius 1 is 1.50 bits per heavy atom. The van der Waals surface area contributed by atoms with Crippen molar-refractivity contribution in [1.29, 1.82) is 0 Å². The zero-order valence-corrected chi connectivity index (χ0v) is 10.5. The molecule has 4 N–H and O–H groups in total. The molecule has 1 aliphatic heterocycles. The lowest BCUT2D eigenvalue weighted by molar-refractivity contribution is -0.114. The van der Waals surface area contributed by atoms with E-state index in [2.05, 4.69) is 27.5 Å². The van der Waals surface area contributed by atoms with Crippen LogP contribution in [0.1, 0.15) is 26.7 Å². The quantitative estimate of drug-likeness (QED) is 0.737. The highest BCUT2D eigenvalue weighted by atomic mass is 16.5. The number of aromatic nitrogens is 2. The van der Waals surface area contributed by atoms with Gasteiger partial charge in [0.1, 0.15) is 5.69 Å². The first-order valence-corrected chi connectivity index (χ1v) is 5.98. The van der Waals surface area contributed by atoms with Crippen molar-refractivity contribution in [3.8, 4) is 6.01 Å². The predicted molar refractivity (Wildman–Crippen MR) is 68.6 cm³/mol. The lowest BCUT2D eigenvalue weighted by Gasteiger charge is -2.20. The smallest absolute Gasteiger partial charge is 0.320 e. The van der Waals surface area contributed by atoms with Gasteiger partial charge in [0.2, 0.25) is 5.91 Å². The summed E-state index contributed by atoms with van der Waals surface area (Å²) in [6, 6.07) is 0.232. The molecule has 0 aliphatic carbocycles. The summed E-state index contributed by atoms with van der Waals surface area (Å²) in [6.07, 6.45) is 1.98. The number of ether oxygens (including phenoxy) is 1. The summed E-state index contributed by atoms with van der Waals surface area (Å²) in [4.78, 5) is 19.4. The van der Waals surface area contributed by atoms with Crippen LogP contribution in [-0.2, 0) is 4.79 Å². The molecule has 2 rings (SSSR count). The summed E-state index contributed by atoms with van der Waals surface area (Å²) in [7, 11) is 0. The summed E-state index contributed by atoms with van der Waals surface area (Å²) in [5.41, 5.74) is 6.19. The molecular weight excluding hydrogens is 234 g/mol. The third-order valence-corrected chi connectivity index (χ3v) is 2.60. The second kappa shape index (κ2) is 5.07. The van der Waals surface area contributed by atoms with E-state index in [0.717, 1.165) is 12.8 Å². The number of nitrogen functional groups attached to an aromatic ring is 1. The Morgan fingerprint density at radius 2 is 2.28 bits per heavy atom. The molecule has 1 aliphatic rings. The highest BCUT2D eigenvalue weighted by Gasteiger charge is 2.21. The fourth-order valence-electron chi connectivity index (χ4n) is 1.75. The molecule has 0 unspecified atom stereocenters. The Bertz CT molecular complexity index is 463. The molecule has 1 atom stereocenters. The zero-order chi connectivity index (χ0) is 13.1. The lowest BCUT2D eigenvalue weighted by Crippen LogP contribution is -2.29. The first-order valence-electron chi connectivity index (χ1n) is 5.98. The zero-order valence-electron chi connectivity index (χ0n) is 10.5. The normalized spacial score (nSPS) is 15.3. The fourth-order valence-corrected chi connectivity index (χ4v) is 1.75. The summed E-state index contributed by atoms with van der Waals surface area (Å²) >= 11 is 0. The van der Waals surface area contributed by atoms with E-state index >= 15 is 0 Å². The molecule has 1 aromatic heterocycles. The Hall–Kier alpha value is -2.05. The molecule has 98 valence electrons. The molecule has 18 heavy (non-hydrogen) atoms. The molecule has 0 saturated heterocycles. The lowest BCUT2D eigenvalue weighted by atomic mass is 10.2. The second-order valence-corrected chi connectivity index (χ2v) is 4.23. The van der Waals surface area contributed by atoms with Gasteiger partial charge in [0.05, 0.1) is 12.6 Å². The highest BCUT2D eigenvalue weighted by Crippen LogP contribution is 2.29. The Morgan fingerprint density at radius 3 is 3.00 bits per heavy atom. The molecule has 0 aromatic carbocycles. The molecule has 0 spiro atoms. The van der Waals surface area contributed by atoms with E-state index in [9.17, 15) is 4.79 Å². The Kier molecular flexibility index (Phi) is 3.50. The van der Waals surface area contributed by atoms with Crippen LogP contribution in [0.2, 0.25) is 0 Å². The van der Waals surface area contributed by atoms with Gasteiger partial charge in [0.25, 0.3) is 0 Å². The van der Waals surface area contributed by atoms with Crippen LogP contribution in [-0.4, -0.2) is 28.5 Å². The predicted octanol–water partition coefficient (Wildman–Crippen LogP) is 0.990. The number of nitrogens with two attached hydrogens (primary N) is 1. The second-order valence-electron chi connectivity index (χ2n) is 4.23. The van der Waals surface area contributed by atoms with Crippen molar-refractivity contribution < 1.29 is 9.53 Å². The van der Waals surface area contributed by atoms with Gasteiger partial charge in [0.15, 0.2) is 11.6 Å². The molecule has 1 aromatic rings. The van der Waals surface area contributed by atoms with Crippen molar-refractivity contribution in [3.05, 3.63) is 0 Å². The van der Waals surface area contributed by atoms with E-state index in [-0.39, 0.29) is 30.4 Å². The van der Waals surface area contributed by atoms with Crippen LogP contribution < -0.4 is 21.1 Å². The number of amides is 1. The first-order chi connectivity index (χ1) is 8.60. The van der Waals surface area contributed by atoms with E-state index in [1.165, 1.54) is 0 Å². The van der Waals surface area contributed by atoms with Crippen LogP contribution >= 0.6 is 0 Å². The molecule has 0 bridgehead atoms. The van der Waals surface area contributed by atoms with E-state index in [1.807, 2.05) is 6.92 Å². The molecule has 1 amide bonds. The number of carbonyl (C=O) groups is 1. The standard InChI is InChI=1S/C11H17N5O2/c1-3-4-6(2)18-11-15-9(12)8-10(16-11)13-5-7(17)14-8/h6H,3-5H2,1-2H3,(H,14,17)(H3,12,13,15,16)/t6-/m0/s1. The Balaban J connectivity index is 2.20. The maximum absolute atomic E-state index is 11.2. The Labute approximate surface area is 105 Å². The van der Waals surface area contributed by atoms with Crippen molar-refractivity contribution in [3.63, 3.8) is 0 Å². The van der Waals surface area contributed by atoms with Crippen LogP contribution in [0.4, 0.5) is 17.3 Å². The number of rotatable bonds is 4. The van der Waals surface area contributed by atoms with Crippen LogP contribution in [0.25, 0.3) is 0 Å². The van der Waals surface area contributed by atoms with E-state index < -0.39 is 0 Å². The van der Waals surface area contributed by atoms with E-state index in [4.69, 9.17) is 10.5 Å². The van der Waals surface area contributed by atoms with Crippen molar-refractivity contribution >= 4 is 23.2 Å². The molecule has 7 nitrogen and oxygen atoms in total. The molecule has 0 radical (unpaired) electrons. The van der Waals surface area contributed by atoms with Gasteiger partial charge >= 0.3 is 6.01 Å². The summed E-state index contributed by atoms with van der Waals surface area (Å²) in [5, 5.41) is 5.50. The van der Waals surface area contributed by atoms with Crippen molar-refractivity contribution in [2.24, 2.45) is 0 Å². The van der Waals surface area contributed by atoms with Gasteiger partial charge in [-0.05, 0) is 13.3 Å².